The summed E-state index contributed by atoms with van der Waals surface area (Å²) in [6, 6.07) is 22.1. The molecule has 2 aromatic rings. The van der Waals surface area contributed by atoms with Crippen molar-refractivity contribution in [3.05, 3.63) is 71.8 Å². The maximum absolute atomic E-state index is 2.66. The Balaban J connectivity index is 2.70. The zero-order chi connectivity index (χ0) is 18.5. The zero-order valence-corrected chi connectivity index (χ0v) is 16.8. The first kappa shape index (κ1) is 19.6. The molecule has 0 heterocycles. The maximum atomic E-state index is 2.66. The fraction of sp³-hybridized carbons (Fsp3) is 0.455. The Labute approximate surface area is 154 Å². The summed E-state index contributed by atoms with van der Waals surface area (Å²) >= 11 is 0. The Bertz CT molecular complexity index is 580. The monoisotopic (exact) mass is 341 g/mol. The van der Waals surface area contributed by atoms with Gasteiger partial charge in [-0.15, -0.1) is 0 Å². The average molecular weight is 342 g/mol. The minimum absolute atomic E-state index is 0.210. The number of benzene rings is 2. The number of hydrogen-bond acceptors (Lipinski definition) is 1. The van der Waals surface area contributed by atoms with Crippen molar-refractivity contribution < 1.29 is 9.18 Å². The molecule has 0 fully saturated rings. The van der Waals surface area contributed by atoms with Gasteiger partial charge in [0, 0.05) is 5.12 Å². The first-order valence-corrected chi connectivity index (χ1v) is 9.47. The third kappa shape index (κ3) is 4.12. The molecule has 0 N–H and O–H groups in total. The number of quaternary nitrogens is 2. The highest BCUT2D eigenvalue weighted by Gasteiger charge is 2.47. The highest BCUT2D eigenvalue weighted by molar-refractivity contribution is 5.30. The molecule has 0 spiro atoms. The normalized spacial score (nSPS) is 12.8. The molecule has 0 aromatic heterocycles. The van der Waals surface area contributed by atoms with Crippen LogP contribution in [0, 0.1) is 0 Å². The largest absolute Gasteiger partial charge is 0.206 e. The van der Waals surface area contributed by atoms with Crippen molar-refractivity contribution in [2.24, 2.45) is 0 Å². The quantitative estimate of drug-likeness (QED) is 0.505. The standard InChI is InChI=1S/C22H35N3/c1-7-25(8-2,9-3)23(24(4,5)6)22(20-16-12-10-13-17-20)21-18-14-11-15-19-21/h10-19,22H,7-9H2,1-6H3/q+2. The fourth-order valence-corrected chi connectivity index (χ4v) is 4.00. The lowest BCUT2D eigenvalue weighted by molar-refractivity contribution is -1.24. The van der Waals surface area contributed by atoms with Gasteiger partial charge in [-0.25, -0.2) is 4.59 Å². The highest BCUT2D eigenvalue weighted by atomic mass is 16.0. The van der Waals surface area contributed by atoms with Crippen molar-refractivity contribution in [1.29, 1.82) is 0 Å². The van der Waals surface area contributed by atoms with Crippen LogP contribution in [0.15, 0.2) is 60.7 Å². The minimum Gasteiger partial charge on any atom is -0.206 e. The van der Waals surface area contributed by atoms with Crippen molar-refractivity contribution in [2.75, 3.05) is 40.8 Å². The highest BCUT2D eigenvalue weighted by Crippen LogP contribution is 2.35. The second kappa shape index (κ2) is 8.13. The van der Waals surface area contributed by atoms with Gasteiger partial charge in [0.05, 0.1) is 40.8 Å². The molecule has 0 saturated carbocycles. The van der Waals surface area contributed by atoms with Crippen molar-refractivity contribution in [1.82, 2.24) is 5.12 Å². The van der Waals surface area contributed by atoms with E-state index in [1.165, 1.54) is 11.1 Å². The van der Waals surface area contributed by atoms with Crippen LogP contribution in [0.4, 0.5) is 0 Å². The predicted molar refractivity (Wildman–Crippen MR) is 106 cm³/mol. The SMILES string of the molecule is CC[N+](CC)(CC)N(C(c1ccccc1)c1ccccc1)[N+](C)(C)C. The van der Waals surface area contributed by atoms with Crippen LogP contribution in [-0.2, 0) is 0 Å². The van der Waals surface area contributed by atoms with Crippen molar-refractivity contribution in [3.63, 3.8) is 0 Å². The summed E-state index contributed by atoms with van der Waals surface area (Å²) in [6.07, 6.45) is 0. The summed E-state index contributed by atoms with van der Waals surface area (Å²) in [4.78, 5) is 0. The number of rotatable bonds is 8. The van der Waals surface area contributed by atoms with Crippen LogP contribution in [0.1, 0.15) is 37.9 Å². The Morgan fingerprint density at radius 3 is 1.32 bits per heavy atom. The molecule has 3 nitrogen and oxygen atoms in total. The summed E-state index contributed by atoms with van der Waals surface area (Å²) in [7, 11) is 6.85. The molecular weight excluding hydrogens is 306 g/mol. The van der Waals surface area contributed by atoms with E-state index in [4.69, 9.17) is 0 Å². The van der Waals surface area contributed by atoms with E-state index in [1.807, 2.05) is 0 Å². The molecule has 3 heteroatoms. The Hall–Kier alpha value is -1.68. The fourth-order valence-electron chi connectivity index (χ4n) is 4.00. The molecular formula is C22H35N3+2. The van der Waals surface area contributed by atoms with E-state index in [1.54, 1.807) is 0 Å². The van der Waals surface area contributed by atoms with E-state index in [2.05, 4.69) is 108 Å². The van der Waals surface area contributed by atoms with Gasteiger partial charge < -0.3 is 0 Å². The van der Waals surface area contributed by atoms with E-state index in [9.17, 15) is 0 Å². The van der Waals surface area contributed by atoms with Crippen LogP contribution in [-0.4, -0.2) is 55.1 Å². The van der Waals surface area contributed by atoms with Crippen molar-refractivity contribution in [2.45, 2.75) is 26.8 Å². The lowest BCUT2D eigenvalue weighted by Crippen LogP contribution is -2.71. The topological polar surface area (TPSA) is 3.24 Å². The molecule has 0 unspecified atom stereocenters. The lowest BCUT2D eigenvalue weighted by Gasteiger charge is -2.51. The summed E-state index contributed by atoms with van der Waals surface area (Å²) in [5, 5.41) is 2.66. The second-order valence-electron chi connectivity index (χ2n) is 7.53. The van der Waals surface area contributed by atoms with Gasteiger partial charge in [0.1, 0.15) is 0 Å². The lowest BCUT2D eigenvalue weighted by atomic mass is 9.98. The Kier molecular flexibility index (Phi) is 6.39. The van der Waals surface area contributed by atoms with Crippen molar-refractivity contribution in [3.8, 4) is 0 Å². The predicted octanol–water partition coefficient (Wildman–Crippen LogP) is 4.49. The van der Waals surface area contributed by atoms with Crippen LogP contribution in [0.25, 0.3) is 0 Å². The molecule has 0 saturated heterocycles. The molecule has 2 aromatic carbocycles. The van der Waals surface area contributed by atoms with Crippen LogP contribution in [0.2, 0.25) is 0 Å². The minimum atomic E-state index is 0.210. The molecule has 0 aliphatic heterocycles. The van der Waals surface area contributed by atoms with Gasteiger partial charge in [0.2, 0.25) is 0 Å². The second-order valence-corrected chi connectivity index (χ2v) is 7.53. The average Bonchev–Trinajstić information content (AvgIpc) is 2.63. The third-order valence-electron chi connectivity index (χ3n) is 5.28. The van der Waals surface area contributed by atoms with Crippen LogP contribution in [0.3, 0.4) is 0 Å². The molecule has 0 aliphatic rings. The molecule has 0 radical (unpaired) electrons. The third-order valence-corrected chi connectivity index (χ3v) is 5.28. The van der Waals surface area contributed by atoms with Gasteiger partial charge in [-0.1, -0.05) is 60.7 Å². The zero-order valence-electron chi connectivity index (χ0n) is 16.8. The summed E-state index contributed by atoms with van der Waals surface area (Å²) in [5.74, 6) is 0. The summed E-state index contributed by atoms with van der Waals surface area (Å²) in [6.45, 7) is 10.2. The van der Waals surface area contributed by atoms with E-state index < -0.39 is 0 Å². The van der Waals surface area contributed by atoms with Gasteiger partial charge >= 0.3 is 0 Å². The smallest absolute Gasteiger partial charge is 0.162 e. The molecule has 25 heavy (non-hydrogen) atoms. The van der Waals surface area contributed by atoms with Crippen LogP contribution >= 0.6 is 0 Å². The Morgan fingerprint density at radius 2 is 1.04 bits per heavy atom. The van der Waals surface area contributed by atoms with Gasteiger partial charge in [-0.3, -0.25) is 0 Å². The van der Waals surface area contributed by atoms with Gasteiger partial charge in [-0.2, -0.15) is 4.59 Å². The molecule has 136 valence electrons. The van der Waals surface area contributed by atoms with Crippen LogP contribution < -0.4 is 0 Å². The summed E-state index contributed by atoms with van der Waals surface area (Å²) < 4.78 is 1.74. The first-order chi connectivity index (χ1) is 11.9. The van der Waals surface area contributed by atoms with E-state index in [0.29, 0.717) is 0 Å². The van der Waals surface area contributed by atoms with Gasteiger partial charge in [0.15, 0.2) is 6.04 Å². The Morgan fingerprint density at radius 1 is 0.680 bits per heavy atom. The van der Waals surface area contributed by atoms with Crippen LogP contribution in [0.5, 0.6) is 0 Å². The maximum Gasteiger partial charge on any atom is 0.162 e. The van der Waals surface area contributed by atoms with Gasteiger partial charge in [-0.05, 0) is 31.9 Å². The van der Waals surface area contributed by atoms with E-state index in [-0.39, 0.29) is 6.04 Å². The van der Waals surface area contributed by atoms with E-state index in [0.717, 1.165) is 28.8 Å². The first-order valence-electron chi connectivity index (χ1n) is 9.47. The molecule has 0 aliphatic carbocycles. The number of nitrogens with zero attached hydrogens (tertiary/aromatic N) is 3. The molecule has 2 rings (SSSR count). The van der Waals surface area contributed by atoms with E-state index >= 15 is 0 Å². The van der Waals surface area contributed by atoms with Gasteiger partial charge in [0.25, 0.3) is 0 Å². The van der Waals surface area contributed by atoms with Crippen molar-refractivity contribution >= 4 is 0 Å². The molecule has 0 atom stereocenters. The molecule has 0 amide bonds. The number of hydrogen-bond donors (Lipinski definition) is 0. The molecule has 0 bridgehead atoms. The summed E-state index contributed by atoms with van der Waals surface area (Å²) in [5.41, 5.74) is 2.69.